The van der Waals surface area contributed by atoms with Gasteiger partial charge in [-0.3, -0.25) is 14.8 Å². The molecule has 0 spiro atoms. The fourth-order valence-electron chi connectivity index (χ4n) is 5.21. The molecule has 2 atom stereocenters. The number of imidazole rings is 1. The van der Waals surface area contributed by atoms with Crippen LogP contribution >= 0.6 is 0 Å². The van der Waals surface area contributed by atoms with Gasteiger partial charge in [-0.05, 0) is 56.5 Å². The Morgan fingerprint density at radius 3 is 2.94 bits per heavy atom. The Morgan fingerprint density at radius 1 is 1.19 bits per heavy atom. The highest BCUT2D eigenvalue weighted by Gasteiger charge is 2.41. The molecule has 1 fully saturated rings. The lowest BCUT2D eigenvalue weighted by molar-refractivity contribution is -0.119. The van der Waals surface area contributed by atoms with Crippen LogP contribution in [0.2, 0.25) is 0 Å². The van der Waals surface area contributed by atoms with E-state index in [1.807, 2.05) is 31.2 Å². The Hall–Kier alpha value is -3.74. The fourth-order valence-corrected chi connectivity index (χ4v) is 5.21. The average molecular weight is 425 g/mol. The highest BCUT2D eigenvalue weighted by molar-refractivity contribution is 5.91. The van der Waals surface area contributed by atoms with Gasteiger partial charge in [-0.1, -0.05) is 12.1 Å². The van der Waals surface area contributed by atoms with Crippen molar-refractivity contribution in [2.75, 3.05) is 6.61 Å². The van der Waals surface area contributed by atoms with Crippen LogP contribution in [0, 0.1) is 6.92 Å². The third-order valence-electron chi connectivity index (χ3n) is 6.55. The molecule has 2 bridgehead atoms. The second-order valence-electron chi connectivity index (χ2n) is 8.66. The number of aryl methyl sites for hydroxylation is 1. The number of primary amides is 1. The predicted molar refractivity (Wildman–Crippen MR) is 121 cm³/mol. The van der Waals surface area contributed by atoms with E-state index in [2.05, 4.69) is 21.7 Å². The van der Waals surface area contributed by atoms with Gasteiger partial charge in [-0.25, -0.2) is 4.98 Å². The normalized spacial score (nSPS) is 18.8. The first-order chi connectivity index (χ1) is 15.6. The molecule has 1 aromatic carbocycles. The SMILES string of the molecule is Cc1cccc(-c2nc3n(c2-c2ccc4nccc(OCC(N)=O)c4c2)C2CCC3C2)n1. The number of nitrogens with zero attached hydrogens (tertiary/aromatic N) is 4. The first kappa shape index (κ1) is 19.0. The largest absolute Gasteiger partial charge is 0.483 e. The summed E-state index contributed by atoms with van der Waals surface area (Å²) in [5.74, 6) is 1.78. The van der Waals surface area contributed by atoms with Crippen LogP contribution in [0.15, 0.2) is 48.7 Å². The van der Waals surface area contributed by atoms with Gasteiger partial charge in [-0.15, -0.1) is 0 Å². The Balaban J connectivity index is 1.56. The maximum absolute atomic E-state index is 11.3. The van der Waals surface area contributed by atoms with Gasteiger partial charge >= 0.3 is 0 Å². The number of carbonyl (C=O) groups is 1. The second kappa shape index (κ2) is 7.15. The molecular formula is C25H23N5O2. The van der Waals surface area contributed by atoms with Crippen LogP contribution in [-0.4, -0.2) is 32.0 Å². The third-order valence-corrected chi connectivity index (χ3v) is 6.55. The molecule has 4 heterocycles. The zero-order valence-corrected chi connectivity index (χ0v) is 17.8. The number of fused-ring (bicyclic) bond motifs is 6. The summed E-state index contributed by atoms with van der Waals surface area (Å²) in [5, 5.41) is 0.841. The molecule has 7 heteroatoms. The molecule has 6 rings (SSSR count). The molecule has 2 aliphatic rings. The summed E-state index contributed by atoms with van der Waals surface area (Å²) in [6.07, 6.45) is 5.23. The molecule has 1 saturated carbocycles. The van der Waals surface area contributed by atoms with Gasteiger partial charge in [-0.2, -0.15) is 0 Å². The smallest absolute Gasteiger partial charge is 0.255 e. The summed E-state index contributed by atoms with van der Waals surface area (Å²) < 4.78 is 8.10. The number of hydrogen-bond donors (Lipinski definition) is 1. The number of ether oxygens (including phenoxy) is 1. The number of rotatable bonds is 5. The van der Waals surface area contributed by atoms with E-state index in [4.69, 9.17) is 20.4 Å². The van der Waals surface area contributed by atoms with Gasteiger partial charge < -0.3 is 15.0 Å². The highest BCUT2D eigenvalue weighted by Crippen LogP contribution is 2.52. The van der Waals surface area contributed by atoms with E-state index in [0.717, 1.165) is 39.2 Å². The van der Waals surface area contributed by atoms with E-state index in [9.17, 15) is 4.79 Å². The third kappa shape index (κ3) is 2.96. The van der Waals surface area contributed by atoms with Crippen LogP contribution in [0.25, 0.3) is 33.5 Å². The fraction of sp³-hybridized carbons (Fsp3) is 0.280. The minimum atomic E-state index is -0.511. The number of hydrogen-bond acceptors (Lipinski definition) is 5. The summed E-state index contributed by atoms with van der Waals surface area (Å²) in [5.41, 5.74) is 11.0. The average Bonchev–Trinajstić information content (AvgIpc) is 3.50. The zero-order chi connectivity index (χ0) is 21.8. The van der Waals surface area contributed by atoms with Crippen LogP contribution < -0.4 is 10.5 Å². The van der Waals surface area contributed by atoms with Crippen molar-refractivity contribution < 1.29 is 9.53 Å². The van der Waals surface area contributed by atoms with E-state index in [0.29, 0.717) is 17.7 Å². The summed E-state index contributed by atoms with van der Waals surface area (Å²) in [6.45, 7) is 1.83. The van der Waals surface area contributed by atoms with Gasteiger partial charge in [0.25, 0.3) is 5.91 Å². The molecule has 32 heavy (non-hydrogen) atoms. The van der Waals surface area contributed by atoms with Crippen molar-refractivity contribution in [3.63, 3.8) is 0 Å². The molecule has 0 radical (unpaired) electrons. The van der Waals surface area contributed by atoms with Crippen LogP contribution in [0.5, 0.6) is 5.75 Å². The summed E-state index contributed by atoms with van der Waals surface area (Å²) in [7, 11) is 0. The molecular weight excluding hydrogens is 402 g/mol. The Kier molecular flexibility index (Phi) is 4.24. The quantitative estimate of drug-likeness (QED) is 0.518. The van der Waals surface area contributed by atoms with Crippen molar-refractivity contribution >= 4 is 16.8 Å². The first-order valence-corrected chi connectivity index (χ1v) is 10.9. The number of nitrogens with two attached hydrogens (primary N) is 1. The molecule has 4 aromatic rings. The van der Waals surface area contributed by atoms with Crippen molar-refractivity contribution in [3.05, 3.63) is 60.2 Å². The zero-order valence-electron chi connectivity index (χ0n) is 17.8. The van der Waals surface area contributed by atoms with Gasteiger partial charge in [0.05, 0.1) is 16.9 Å². The minimum absolute atomic E-state index is 0.173. The van der Waals surface area contributed by atoms with Crippen molar-refractivity contribution in [3.8, 4) is 28.4 Å². The lowest BCUT2D eigenvalue weighted by Crippen LogP contribution is -2.20. The number of pyridine rings is 2. The van der Waals surface area contributed by atoms with E-state index in [1.165, 1.54) is 25.1 Å². The predicted octanol–water partition coefficient (Wildman–Crippen LogP) is 4.16. The van der Waals surface area contributed by atoms with Crippen LogP contribution in [0.1, 0.15) is 42.7 Å². The van der Waals surface area contributed by atoms with Gasteiger partial charge in [0, 0.05) is 34.8 Å². The molecule has 160 valence electrons. The summed E-state index contributed by atoms with van der Waals surface area (Å²) in [4.78, 5) is 25.6. The Bertz CT molecular complexity index is 1380. The van der Waals surface area contributed by atoms with Gasteiger partial charge in [0.1, 0.15) is 17.3 Å². The Morgan fingerprint density at radius 2 is 2.09 bits per heavy atom. The van der Waals surface area contributed by atoms with Crippen LogP contribution in [0.3, 0.4) is 0 Å². The molecule has 1 aliphatic heterocycles. The molecule has 0 saturated heterocycles. The molecule has 7 nitrogen and oxygen atoms in total. The number of amides is 1. The standard InChI is InChI=1S/C25H23N5O2/c1-14-3-2-4-20(28-14)23-24(30-17-7-5-16(11-17)25(30)29-23)15-6-8-19-18(12-15)21(9-10-27-19)32-13-22(26)31/h2-4,6,8-10,12,16-17H,5,7,11,13H2,1H3,(H2,26,31). The highest BCUT2D eigenvalue weighted by atomic mass is 16.5. The number of aromatic nitrogens is 4. The van der Waals surface area contributed by atoms with Crippen LogP contribution in [-0.2, 0) is 4.79 Å². The molecule has 1 aliphatic carbocycles. The van der Waals surface area contributed by atoms with Gasteiger partial charge in [0.2, 0.25) is 0 Å². The molecule has 1 amide bonds. The maximum Gasteiger partial charge on any atom is 0.255 e. The van der Waals surface area contributed by atoms with Gasteiger partial charge in [0.15, 0.2) is 6.61 Å². The molecule has 2 unspecified atom stereocenters. The summed E-state index contributed by atoms with van der Waals surface area (Å²) >= 11 is 0. The lowest BCUT2D eigenvalue weighted by atomic mass is 10.0. The summed E-state index contributed by atoms with van der Waals surface area (Å²) in [6, 6.07) is 14.5. The lowest BCUT2D eigenvalue weighted by Gasteiger charge is -2.18. The molecule has 2 N–H and O–H groups in total. The van der Waals surface area contributed by atoms with Crippen LogP contribution in [0.4, 0.5) is 0 Å². The maximum atomic E-state index is 11.3. The minimum Gasteiger partial charge on any atom is -0.483 e. The van der Waals surface area contributed by atoms with E-state index >= 15 is 0 Å². The Labute approximate surface area is 185 Å². The van der Waals surface area contributed by atoms with E-state index < -0.39 is 5.91 Å². The monoisotopic (exact) mass is 425 g/mol. The van der Waals surface area contributed by atoms with Crippen molar-refractivity contribution in [1.29, 1.82) is 0 Å². The number of benzene rings is 1. The van der Waals surface area contributed by atoms with Crippen molar-refractivity contribution in [1.82, 2.24) is 19.5 Å². The second-order valence-corrected chi connectivity index (χ2v) is 8.66. The van der Waals surface area contributed by atoms with E-state index in [-0.39, 0.29) is 6.61 Å². The molecule has 3 aromatic heterocycles. The number of carbonyl (C=O) groups excluding carboxylic acids is 1. The first-order valence-electron chi connectivity index (χ1n) is 10.9. The van der Waals surface area contributed by atoms with E-state index in [1.54, 1.807) is 12.3 Å². The topological polar surface area (TPSA) is 95.9 Å². The van der Waals surface area contributed by atoms with Crippen molar-refractivity contribution in [2.45, 2.75) is 38.1 Å². The van der Waals surface area contributed by atoms with Crippen molar-refractivity contribution in [2.24, 2.45) is 5.73 Å².